The molecule has 0 saturated carbocycles. The summed E-state index contributed by atoms with van der Waals surface area (Å²) in [4.78, 5) is 33.9. The molecule has 132 valence electrons. The smallest absolute Gasteiger partial charge is 0.328 e. The Bertz CT molecular complexity index is 863. The fourth-order valence-electron chi connectivity index (χ4n) is 2.17. The zero-order valence-electron chi connectivity index (χ0n) is 13.3. The molecule has 0 bridgehead atoms. The molecule has 0 N–H and O–H groups in total. The van der Waals surface area contributed by atoms with Crippen LogP contribution in [-0.2, 0) is 16.1 Å². The van der Waals surface area contributed by atoms with Gasteiger partial charge in [-0.3, -0.25) is 24.4 Å². The first-order chi connectivity index (χ1) is 11.7. The van der Waals surface area contributed by atoms with Crippen molar-refractivity contribution in [2.45, 2.75) is 20.4 Å². The summed E-state index contributed by atoms with van der Waals surface area (Å²) in [6, 6.07) is 2.56. The van der Waals surface area contributed by atoms with Gasteiger partial charge in [0.25, 0.3) is 0 Å². The maximum Gasteiger partial charge on any atom is 0.328 e. The van der Waals surface area contributed by atoms with Gasteiger partial charge in [0.05, 0.1) is 4.92 Å². The molecular weight excluding hydrogens is 340 g/mol. The number of carbonyl (C=O) groups excluding carboxylic acids is 2. The van der Waals surface area contributed by atoms with Gasteiger partial charge in [0.15, 0.2) is 24.0 Å². The van der Waals surface area contributed by atoms with E-state index in [4.69, 9.17) is 4.74 Å². The largest absolute Gasteiger partial charge is 0.456 e. The summed E-state index contributed by atoms with van der Waals surface area (Å²) in [5, 5.41) is 14.8. The highest BCUT2D eigenvalue weighted by Gasteiger charge is 2.23. The number of carbonyl (C=O) groups is 2. The predicted octanol–water partition coefficient (Wildman–Crippen LogP) is 2.11. The van der Waals surface area contributed by atoms with Crippen molar-refractivity contribution in [2.75, 3.05) is 6.61 Å². The van der Waals surface area contributed by atoms with Crippen LogP contribution in [-0.4, -0.2) is 33.1 Å². The fraction of sp³-hybridized carbons (Fsp3) is 0.267. The minimum Gasteiger partial charge on any atom is -0.456 e. The van der Waals surface area contributed by atoms with Gasteiger partial charge >= 0.3 is 11.7 Å². The number of nitrogens with zero attached hydrogens (tertiary/aromatic N) is 3. The Hall–Kier alpha value is -3.17. The molecule has 0 aliphatic rings. The molecule has 1 aromatic carbocycles. The predicted molar refractivity (Wildman–Crippen MR) is 80.0 cm³/mol. The Morgan fingerprint density at radius 1 is 1.28 bits per heavy atom. The first-order valence-corrected chi connectivity index (χ1v) is 7.03. The van der Waals surface area contributed by atoms with Crippen LogP contribution < -0.4 is 0 Å². The third-order valence-corrected chi connectivity index (χ3v) is 3.41. The summed E-state index contributed by atoms with van der Waals surface area (Å²) in [6.45, 7) is 1.76. The molecule has 0 amide bonds. The summed E-state index contributed by atoms with van der Waals surface area (Å²) in [7, 11) is 0. The van der Waals surface area contributed by atoms with Gasteiger partial charge in [-0.1, -0.05) is 0 Å². The third-order valence-electron chi connectivity index (χ3n) is 3.41. The van der Waals surface area contributed by atoms with Gasteiger partial charge in [-0.25, -0.2) is 8.78 Å². The lowest BCUT2D eigenvalue weighted by atomic mass is 10.1. The van der Waals surface area contributed by atoms with Gasteiger partial charge in [0.2, 0.25) is 0 Å². The second kappa shape index (κ2) is 7.16. The number of esters is 1. The van der Waals surface area contributed by atoms with Gasteiger partial charge in [-0.15, -0.1) is 0 Å². The molecule has 10 heteroatoms. The lowest BCUT2D eigenvalue weighted by Gasteiger charge is -2.06. The number of aromatic nitrogens is 2. The molecule has 25 heavy (non-hydrogen) atoms. The van der Waals surface area contributed by atoms with Crippen molar-refractivity contribution < 1.29 is 28.0 Å². The van der Waals surface area contributed by atoms with Crippen LogP contribution in [0.1, 0.15) is 21.7 Å². The second-order valence-corrected chi connectivity index (χ2v) is 5.15. The molecule has 2 aromatic rings. The first-order valence-electron chi connectivity index (χ1n) is 7.03. The van der Waals surface area contributed by atoms with Crippen molar-refractivity contribution >= 4 is 17.4 Å². The van der Waals surface area contributed by atoms with E-state index in [0.717, 1.165) is 16.8 Å². The quantitative estimate of drug-likeness (QED) is 0.341. The Balaban J connectivity index is 1.99. The minimum absolute atomic E-state index is 0.145. The number of benzene rings is 1. The Morgan fingerprint density at radius 3 is 2.52 bits per heavy atom. The zero-order chi connectivity index (χ0) is 18.7. The standard InChI is InChI=1S/C15H13F2N3O5/c1-8-15(20(23)24)9(2)19(18-8)6-14(22)25-7-13(21)10-3-4-11(16)12(17)5-10/h3-5H,6-7H2,1-2H3. The van der Waals surface area contributed by atoms with E-state index in [1.54, 1.807) is 0 Å². The Labute approximate surface area is 140 Å². The van der Waals surface area contributed by atoms with Gasteiger partial charge in [-0.05, 0) is 32.0 Å². The number of aryl methyl sites for hydroxylation is 1. The van der Waals surface area contributed by atoms with Crippen molar-refractivity contribution in [3.63, 3.8) is 0 Å². The van der Waals surface area contributed by atoms with Crippen molar-refractivity contribution in [1.82, 2.24) is 9.78 Å². The Kier molecular flexibility index (Phi) is 5.20. The van der Waals surface area contributed by atoms with E-state index in [2.05, 4.69) is 5.10 Å². The third kappa shape index (κ3) is 4.03. The molecule has 0 aliphatic heterocycles. The number of rotatable bonds is 6. The van der Waals surface area contributed by atoms with Crippen LogP contribution in [0.25, 0.3) is 0 Å². The number of ether oxygens (including phenoxy) is 1. The van der Waals surface area contributed by atoms with Crippen molar-refractivity contribution in [2.24, 2.45) is 0 Å². The molecule has 2 rings (SSSR count). The fourth-order valence-corrected chi connectivity index (χ4v) is 2.17. The number of Topliss-reactive ketones (excluding diaryl/α,β-unsaturated/α-hetero) is 1. The highest BCUT2D eigenvalue weighted by molar-refractivity contribution is 5.97. The number of hydrogen-bond acceptors (Lipinski definition) is 6. The molecule has 0 radical (unpaired) electrons. The monoisotopic (exact) mass is 353 g/mol. The van der Waals surface area contributed by atoms with Gasteiger partial charge in [0.1, 0.15) is 17.9 Å². The van der Waals surface area contributed by atoms with E-state index in [9.17, 15) is 28.5 Å². The average molecular weight is 353 g/mol. The molecule has 0 aliphatic carbocycles. The second-order valence-electron chi connectivity index (χ2n) is 5.15. The molecule has 0 spiro atoms. The van der Waals surface area contributed by atoms with E-state index in [0.29, 0.717) is 6.07 Å². The lowest BCUT2D eigenvalue weighted by molar-refractivity contribution is -0.386. The van der Waals surface area contributed by atoms with Crippen LogP contribution in [0.2, 0.25) is 0 Å². The van der Waals surface area contributed by atoms with Crippen molar-refractivity contribution in [1.29, 1.82) is 0 Å². The molecule has 0 unspecified atom stereocenters. The topological polar surface area (TPSA) is 104 Å². The van der Waals surface area contributed by atoms with E-state index in [-0.39, 0.29) is 22.6 Å². The summed E-state index contributed by atoms with van der Waals surface area (Å²) in [6.07, 6.45) is 0. The van der Waals surface area contributed by atoms with Crippen LogP contribution in [0.4, 0.5) is 14.5 Å². The van der Waals surface area contributed by atoms with Crippen LogP contribution in [0.3, 0.4) is 0 Å². The van der Waals surface area contributed by atoms with Crippen molar-refractivity contribution in [3.05, 3.63) is 56.9 Å². The van der Waals surface area contributed by atoms with Gasteiger partial charge < -0.3 is 4.74 Å². The first kappa shape index (κ1) is 18.2. The lowest BCUT2D eigenvalue weighted by Crippen LogP contribution is -2.20. The van der Waals surface area contributed by atoms with Crippen LogP contribution in [0, 0.1) is 35.6 Å². The molecule has 0 atom stereocenters. The van der Waals surface area contributed by atoms with E-state index < -0.39 is 41.5 Å². The minimum atomic E-state index is -1.19. The summed E-state index contributed by atoms with van der Waals surface area (Å²) >= 11 is 0. The number of hydrogen-bond donors (Lipinski definition) is 0. The summed E-state index contributed by atoms with van der Waals surface area (Å²) in [5.74, 6) is -3.85. The normalized spacial score (nSPS) is 10.6. The average Bonchev–Trinajstić information content (AvgIpc) is 2.81. The molecule has 0 saturated heterocycles. The number of ketones is 1. The number of nitro groups is 1. The molecule has 0 fully saturated rings. The maximum atomic E-state index is 13.1. The van der Waals surface area contributed by atoms with E-state index in [1.165, 1.54) is 13.8 Å². The Morgan fingerprint density at radius 2 is 1.96 bits per heavy atom. The van der Waals surface area contributed by atoms with Gasteiger partial charge in [-0.2, -0.15) is 5.10 Å². The molecule has 8 nitrogen and oxygen atoms in total. The van der Waals surface area contributed by atoms with Gasteiger partial charge in [0, 0.05) is 5.56 Å². The SMILES string of the molecule is Cc1nn(CC(=O)OCC(=O)c2ccc(F)c(F)c2)c(C)c1[N+](=O)[O-]. The van der Waals surface area contributed by atoms with E-state index >= 15 is 0 Å². The van der Waals surface area contributed by atoms with E-state index in [1.807, 2.05) is 0 Å². The molecule has 1 heterocycles. The number of halogens is 2. The molecular formula is C15H13F2N3O5. The summed E-state index contributed by atoms with van der Waals surface area (Å²) < 4.78 is 31.7. The zero-order valence-corrected chi connectivity index (χ0v) is 13.3. The molecule has 1 aromatic heterocycles. The maximum absolute atomic E-state index is 13.1. The van der Waals surface area contributed by atoms with Crippen LogP contribution >= 0.6 is 0 Å². The van der Waals surface area contributed by atoms with Crippen LogP contribution in [0.15, 0.2) is 18.2 Å². The highest BCUT2D eigenvalue weighted by atomic mass is 19.2. The highest BCUT2D eigenvalue weighted by Crippen LogP contribution is 2.21. The van der Waals surface area contributed by atoms with Crippen molar-refractivity contribution in [3.8, 4) is 0 Å². The van der Waals surface area contributed by atoms with Crippen LogP contribution in [0.5, 0.6) is 0 Å². The summed E-state index contributed by atoms with van der Waals surface area (Å²) in [5.41, 5.74) is -0.0290.